The molecule has 1 N–H and O–H groups in total. The highest BCUT2D eigenvalue weighted by Crippen LogP contribution is 2.24. The third-order valence-electron chi connectivity index (χ3n) is 3.76. The Hall–Kier alpha value is -1.46. The van der Waals surface area contributed by atoms with Crippen LogP contribution in [0.3, 0.4) is 0 Å². The summed E-state index contributed by atoms with van der Waals surface area (Å²) in [5.41, 5.74) is 1.84. The van der Waals surface area contributed by atoms with E-state index in [0.717, 1.165) is 12.1 Å². The number of nitrogens with one attached hydrogen (secondary N) is 1. The third-order valence-corrected chi connectivity index (χ3v) is 3.76. The van der Waals surface area contributed by atoms with Gasteiger partial charge in [0.05, 0.1) is 4.92 Å². The number of nitro benzene ring substituents is 1. The molecule has 1 aromatic rings. The molecule has 0 aliphatic carbocycles. The molecule has 0 saturated heterocycles. The molecular weight excluding hydrogens is 266 g/mol. The smallest absolute Gasteiger partial charge is 0.272 e. The molecule has 0 radical (unpaired) electrons. The van der Waals surface area contributed by atoms with Crippen molar-refractivity contribution >= 4 is 5.69 Å². The van der Waals surface area contributed by atoms with Crippen LogP contribution in [0, 0.1) is 23.0 Å². The van der Waals surface area contributed by atoms with E-state index in [0.29, 0.717) is 17.5 Å². The van der Waals surface area contributed by atoms with Crippen LogP contribution in [0.25, 0.3) is 0 Å². The van der Waals surface area contributed by atoms with E-state index in [1.54, 1.807) is 13.0 Å². The van der Waals surface area contributed by atoms with Crippen LogP contribution in [-0.2, 0) is 0 Å². The highest BCUT2D eigenvalue weighted by atomic mass is 16.6. The number of nitro groups is 1. The van der Waals surface area contributed by atoms with Crippen molar-refractivity contribution in [2.24, 2.45) is 5.92 Å². The summed E-state index contributed by atoms with van der Waals surface area (Å²) in [4.78, 5) is 12.9. The van der Waals surface area contributed by atoms with E-state index in [2.05, 4.69) is 45.1 Å². The Morgan fingerprint density at radius 3 is 2.38 bits per heavy atom. The topological polar surface area (TPSA) is 58.4 Å². The zero-order valence-corrected chi connectivity index (χ0v) is 13.9. The first-order valence-corrected chi connectivity index (χ1v) is 7.38. The van der Waals surface area contributed by atoms with Crippen LogP contribution in [0.4, 0.5) is 5.69 Å². The molecular formula is C16H27N3O2. The van der Waals surface area contributed by atoms with E-state index in [1.807, 2.05) is 12.1 Å². The summed E-state index contributed by atoms with van der Waals surface area (Å²) in [5, 5.41) is 14.6. The monoisotopic (exact) mass is 293 g/mol. The van der Waals surface area contributed by atoms with Crippen LogP contribution in [0.2, 0.25) is 0 Å². The molecule has 0 saturated carbocycles. The summed E-state index contributed by atoms with van der Waals surface area (Å²) in [6.07, 6.45) is 0. The van der Waals surface area contributed by atoms with Crippen molar-refractivity contribution in [1.82, 2.24) is 10.2 Å². The fourth-order valence-electron chi connectivity index (χ4n) is 2.36. The molecule has 5 heteroatoms. The zero-order valence-electron chi connectivity index (χ0n) is 13.9. The first kappa shape index (κ1) is 17.6. The average molecular weight is 293 g/mol. The average Bonchev–Trinajstić information content (AvgIpc) is 2.37. The van der Waals surface area contributed by atoms with Gasteiger partial charge < -0.3 is 10.2 Å². The van der Waals surface area contributed by atoms with Gasteiger partial charge in [0.2, 0.25) is 0 Å². The van der Waals surface area contributed by atoms with E-state index in [4.69, 9.17) is 0 Å². The lowest BCUT2D eigenvalue weighted by atomic mass is 9.99. The molecule has 2 unspecified atom stereocenters. The van der Waals surface area contributed by atoms with E-state index in [9.17, 15) is 10.1 Å². The SMILES string of the molecule is Cc1ccc(C(C)NC(CN(C)C)C(C)C)cc1[N+](=O)[O-]. The molecule has 0 bridgehead atoms. The van der Waals surface area contributed by atoms with Crippen LogP contribution in [0.1, 0.15) is 37.9 Å². The molecule has 0 amide bonds. The summed E-state index contributed by atoms with van der Waals surface area (Å²) < 4.78 is 0. The minimum absolute atomic E-state index is 0.0802. The van der Waals surface area contributed by atoms with Gasteiger partial charge in [-0.25, -0.2) is 0 Å². The molecule has 2 atom stereocenters. The fourth-order valence-corrected chi connectivity index (χ4v) is 2.36. The largest absolute Gasteiger partial charge is 0.308 e. The van der Waals surface area contributed by atoms with Crippen molar-refractivity contribution in [3.8, 4) is 0 Å². The predicted molar refractivity (Wildman–Crippen MR) is 86.6 cm³/mol. The summed E-state index contributed by atoms with van der Waals surface area (Å²) in [7, 11) is 4.11. The van der Waals surface area contributed by atoms with Gasteiger partial charge in [0.1, 0.15) is 0 Å². The van der Waals surface area contributed by atoms with Crippen LogP contribution in [0.15, 0.2) is 18.2 Å². The van der Waals surface area contributed by atoms with Crippen LogP contribution >= 0.6 is 0 Å². The number of likely N-dealkylation sites (N-methyl/N-ethyl adjacent to an activating group) is 1. The summed E-state index contributed by atoms with van der Waals surface area (Å²) >= 11 is 0. The molecule has 21 heavy (non-hydrogen) atoms. The Morgan fingerprint density at radius 2 is 1.90 bits per heavy atom. The number of benzene rings is 1. The van der Waals surface area contributed by atoms with Crippen molar-refractivity contribution in [3.05, 3.63) is 39.4 Å². The highest BCUT2D eigenvalue weighted by Gasteiger charge is 2.19. The number of hydrogen-bond acceptors (Lipinski definition) is 4. The van der Waals surface area contributed by atoms with Crippen LogP contribution in [0.5, 0.6) is 0 Å². The first-order chi connectivity index (χ1) is 9.72. The van der Waals surface area contributed by atoms with Gasteiger partial charge >= 0.3 is 0 Å². The Kier molecular flexibility index (Phi) is 6.30. The minimum atomic E-state index is -0.314. The lowest BCUT2D eigenvalue weighted by Crippen LogP contribution is -2.43. The van der Waals surface area contributed by atoms with Gasteiger partial charge in [-0.2, -0.15) is 0 Å². The Bertz CT molecular complexity index is 486. The molecule has 0 fully saturated rings. The van der Waals surface area contributed by atoms with E-state index >= 15 is 0 Å². The molecule has 118 valence electrons. The first-order valence-electron chi connectivity index (χ1n) is 7.38. The van der Waals surface area contributed by atoms with E-state index in [1.165, 1.54) is 0 Å². The van der Waals surface area contributed by atoms with E-state index < -0.39 is 0 Å². The number of rotatable bonds is 7. The van der Waals surface area contributed by atoms with Crippen molar-refractivity contribution in [2.45, 2.75) is 39.8 Å². The van der Waals surface area contributed by atoms with Gasteiger partial charge in [-0.15, -0.1) is 0 Å². The van der Waals surface area contributed by atoms with Crippen molar-refractivity contribution in [1.29, 1.82) is 0 Å². The van der Waals surface area contributed by atoms with Crippen molar-refractivity contribution in [3.63, 3.8) is 0 Å². The third kappa shape index (κ3) is 5.10. The quantitative estimate of drug-likeness (QED) is 0.620. The maximum absolute atomic E-state index is 11.1. The van der Waals surface area contributed by atoms with Crippen molar-refractivity contribution in [2.75, 3.05) is 20.6 Å². The normalized spacial score (nSPS) is 14.5. The van der Waals surface area contributed by atoms with Gasteiger partial charge in [0.25, 0.3) is 5.69 Å². The Labute approximate surface area is 127 Å². The second-order valence-corrected chi connectivity index (χ2v) is 6.30. The molecule has 0 spiro atoms. The number of hydrogen-bond donors (Lipinski definition) is 1. The molecule has 0 aliphatic rings. The Balaban J connectivity index is 2.89. The lowest BCUT2D eigenvalue weighted by Gasteiger charge is -2.29. The standard InChI is InChI=1S/C16H27N3O2/c1-11(2)15(10-18(5)6)17-13(4)14-8-7-12(3)16(9-14)19(20)21/h7-9,11,13,15,17H,10H2,1-6H3. The van der Waals surface area contributed by atoms with Gasteiger partial charge in [-0.3, -0.25) is 10.1 Å². The predicted octanol–water partition coefficient (Wildman–Crippen LogP) is 3.14. The van der Waals surface area contributed by atoms with Crippen LogP contribution < -0.4 is 5.32 Å². The maximum atomic E-state index is 11.1. The fraction of sp³-hybridized carbons (Fsp3) is 0.625. The summed E-state index contributed by atoms with van der Waals surface area (Å²) in [6.45, 7) is 9.13. The Morgan fingerprint density at radius 1 is 1.29 bits per heavy atom. The number of nitrogens with zero attached hydrogens (tertiary/aromatic N) is 2. The molecule has 5 nitrogen and oxygen atoms in total. The zero-order chi connectivity index (χ0) is 16.2. The minimum Gasteiger partial charge on any atom is -0.308 e. The molecule has 0 aromatic heterocycles. The molecule has 0 aliphatic heterocycles. The molecule has 0 heterocycles. The van der Waals surface area contributed by atoms with Gasteiger partial charge in [0, 0.05) is 30.3 Å². The van der Waals surface area contributed by atoms with E-state index in [-0.39, 0.29) is 16.7 Å². The van der Waals surface area contributed by atoms with Crippen molar-refractivity contribution < 1.29 is 4.92 Å². The van der Waals surface area contributed by atoms with Gasteiger partial charge in [-0.05, 0) is 39.4 Å². The second kappa shape index (κ2) is 7.52. The molecule has 1 rings (SSSR count). The number of aryl methyl sites for hydroxylation is 1. The van der Waals surface area contributed by atoms with Gasteiger partial charge in [0.15, 0.2) is 0 Å². The lowest BCUT2D eigenvalue weighted by molar-refractivity contribution is -0.385. The molecule has 1 aromatic carbocycles. The second-order valence-electron chi connectivity index (χ2n) is 6.30. The summed E-state index contributed by atoms with van der Waals surface area (Å²) in [6, 6.07) is 5.89. The maximum Gasteiger partial charge on any atom is 0.272 e. The summed E-state index contributed by atoms with van der Waals surface area (Å²) in [5.74, 6) is 0.496. The highest BCUT2D eigenvalue weighted by molar-refractivity contribution is 5.43. The van der Waals surface area contributed by atoms with Crippen LogP contribution in [-0.4, -0.2) is 36.5 Å². The van der Waals surface area contributed by atoms with Gasteiger partial charge in [-0.1, -0.05) is 26.0 Å².